The monoisotopic (exact) mass is 282 g/mol. The van der Waals surface area contributed by atoms with Gasteiger partial charge in [-0.3, -0.25) is 0 Å². The van der Waals surface area contributed by atoms with E-state index in [2.05, 4.69) is 0 Å². The van der Waals surface area contributed by atoms with Gasteiger partial charge in [-0.1, -0.05) is 77.0 Å². The molecule has 0 aromatic heterocycles. The van der Waals surface area contributed by atoms with Gasteiger partial charge in [0, 0.05) is 0 Å². The maximum absolute atomic E-state index is 1.56. The van der Waals surface area contributed by atoms with Crippen molar-refractivity contribution in [1.82, 2.24) is 0 Å². The van der Waals surface area contributed by atoms with Gasteiger partial charge < -0.3 is 0 Å². The standard InChI is InChI=1S/C18H35P/c1-2-5-9-13-17(14-10-6-3-1)19-18-15-11-7-4-8-12-16-18/h17-19H,1-16H2. The normalized spacial score (nSPS) is 27.2. The molecule has 2 aliphatic carbocycles. The van der Waals surface area contributed by atoms with E-state index in [1.54, 1.807) is 25.7 Å². The highest BCUT2D eigenvalue weighted by Gasteiger charge is 2.17. The first-order valence-corrected chi connectivity index (χ1v) is 10.4. The van der Waals surface area contributed by atoms with Crippen molar-refractivity contribution in [2.75, 3.05) is 0 Å². The molecule has 0 amide bonds. The lowest BCUT2D eigenvalue weighted by Gasteiger charge is -2.26. The second-order valence-corrected chi connectivity index (χ2v) is 8.92. The Kier molecular flexibility index (Phi) is 8.49. The highest BCUT2D eigenvalue weighted by atomic mass is 31.1. The van der Waals surface area contributed by atoms with E-state index in [9.17, 15) is 0 Å². The molecular formula is C18H35P. The number of rotatable bonds is 2. The Balaban J connectivity index is 1.73. The molecule has 0 aliphatic heterocycles. The van der Waals surface area contributed by atoms with Crippen LogP contribution in [0.25, 0.3) is 0 Å². The van der Waals surface area contributed by atoms with E-state index >= 15 is 0 Å². The van der Waals surface area contributed by atoms with Gasteiger partial charge in [0.15, 0.2) is 0 Å². The minimum atomic E-state index is 1.11. The third kappa shape index (κ3) is 7.12. The first-order chi connectivity index (χ1) is 9.45. The molecule has 0 heterocycles. The molecule has 0 aromatic rings. The molecular weight excluding hydrogens is 247 g/mol. The zero-order valence-electron chi connectivity index (χ0n) is 13.0. The van der Waals surface area contributed by atoms with Crippen molar-refractivity contribution in [1.29, 1.82) is 0 Å². The summed E-state index contributed by atoms with van der Waals surface area (Å²) >= 11 is 0. The topological polar surface area (TPSA) is 0 Å². The number of hydrogen-bond acceptors (Lipinski definition) is 0. The molecule has 0 radical (unpaired) electrons. The average molecular weight is 282 g/mol. The van der Waals surface area contributed by atoms with Crippen molar-refractivity contribution in [3.63, 3.8) is 0 Å². The molecule has 1 atom stereocenters. The SMILES string of the molecule is C1CCCCC(PC2CCCCCCC2)CCCC1. The minimum absolute atomic E-state index is 1.11. The summed E-state index contributed by atoms with van der Waals surface area (Å²) < 4.78 is 0. The van der Waals surface area contributed by atoms with Gasteiger partial charge in [-0.25, -0.2) is 0 Å². The van der Waals surface area contributed by atoms with Gasteiger partial charge >= 0.3 is 0 Å². The van der Waals surface area contributed by atoms with Crippen molar-refractivity contribution in [2.24, 2.45) is 0 Å². The maximum atomic E-state index is 1.56. The summed E-state index contributed by atoms with van der Waals surface area (Å²) in [6, 6.07) is 0. The fourth-order valence-corrected chi connectivity index (χ4v) is 6.08. The molecule has 0 saturated heterocycles. The molecule has 0 spiro atoms. The predicted molar refractivity (Wildman–Crippen MR) is 89.8 cm³/mol. The van der Waals surface area contributed by atoms with E-state index in [0.29, 0.717) is 0 Å². The molecule has 0 aromatic carbocycles. The van der Waals surface area contributed by atoms with E-state index < -0.39 is 0 Å². The summed E-state index contributed by atoms with van der Waals surface area (Å²) in [5.41, 5.74) is 2.23. The largest absolute Gasteiger partial charge is 0.116 e. The van der Waals surface area contributed by atoms with Gasteiger partial charge in [-0.15, -0.1) is 8.58 Å². The molecule has 19 heavy (non-hydrogen) atoms. The Bertz CT molecular complexity index is 196. The van der Waals surface area contributed by atoms with Crippen LogP contribution in [-0.2, 0) is 0 Å². The minimum Gasteiger partial charge on any atom is -0.116 e. The molecule has 0 bridgehead atoms. The van der Waals surface area contributed by atoms with Crippen molar-refractivity contribution in [2.45, 2.75) is 114 Å². The lowest BCUT2D eigenvalue weighted by Crippen LogP contribution is -2.11. The quantitative estimate of drug-likeness (QED) is 0.496. The third-order valence-electron chi connectivity index (χ3n) is 5.18. The highest BCUT2D eigenvalue weighted by molar-refractivity contribution is 7.39. The summed E-state index contributed by atoms with van der Waals surface area (Å²) in [5, 5.41) is 0. The second kappa shape index (κ2) is 10.2. The Morgan fingerprint density at radius 3 is 0.947 bits per heavy atom. The zero-order valence-corrected chi connectivity index (χ0v) is 14.0. The zero-order chi connectivity index (χ0) is 13.2. The van der Waals surface area contributed by atoms with Crippen LogP contribution >= 0.6 is 8.58 Å². The highest BCUT2D eigenvalue weighted by Crippen LogP contribution is 2.39. The van der Waals surface area contributed by atoms with Crippen LogP contribution in [0.4, 0.5) is 0 Å². The van der Waals surface area contributed by atoms with Gasteiger partial charge in [0.1, 0.15) is 0 Å². The van der Waals surface area contributed by atoms with Crippen LogP contribution in [0.15, 0.2) is 0 Å². The molecule has 0 N–H and O–H groups in total. The summed E-state index contributed by atoms with van der Waals surface area (Å²) in [5.74, 6) is 0. The third-order valence-corrected chi connectivity index (χ3v) is 7.28. The Morgan fingerprint density at radius 2 is 0.632 bits per heavy atom. The maximum Gasteiger partial charge on any atom is -0.0234 e. The van der Waals surface area contributed by atoms with Gasteiger partial charge in [0.05, 0.1) is 0 Å². The van der Waals surface area contributed by atoms with Crippen LogP contribution in [0.1, 0.15) is 103 Å². The molecule has 2 saturated carbocycles. The number of hydrogen-bond donors (Lipinski definition) is 0. The Hall–Kier alpha value is 0.430. The van der Waals surface area contributed by atoms with E-state index in [1.165, 1.54) is 85.6 Å². The van der Waals surface area contributed by atoms with Crippen LogP contribution in [0.2, 0.25) is 0 Å². The van der Waals surface area contributed by atoms with Gasteiger partial charge in [0.2, 0.25) is 0 Å². The summed E-state index contributed by atoms with van der Waals surface area (Å²) in [4.78, 5) is 0. The summed E-state index contributed by atoms with van der Waals surface area (Å²) in [7, 11) is 1.31. The smallest absolute Gasteiger partial charge is 0.0234 e. The fourth-order valence-electron chi connectivity index (χ4n) is 3.93. The van der Waals surface area contributed by atoms with Crippen LogP contribution in [0, 0.1) is 0 Å². The lowest BCUT2D eigenvalue weighted by atomic mass is 10.0. The molecule has 1 unspecified atom stereocenters. The summed E-state index contributed by atoms with van der Waals surface area (Å²) in [6.45, 7) is 0. The van der Waals surface area contributed by atoms with Gasteiger partial charge in [-0.2, -0.15) is 0 Å². The second-order valence-electron chi connectivity index (χ2n) is 6.96. The van der Waals surface area contributed by atoms with Crippen molar-refractivity contribution >= 4 is 8.58 Å². The fraction of sp³-hybridized carbons (Fsp3) is 1.00. The molecule has 2 fully saturated rings. The molecule has 0 nitrogen and oxygen atoms in total. The van der Waals surface area contributed by atoms with E-state index in [4.69, 9.17) is 0 Å². The Morgan fingerprint density at radius 1 is 0.368 bits per heavy atom. The van der Waals surface area contributed by atoms with Crippen LogP contribution < -0.4 is 0 Å². The van der Waals surface area contributed by atoms with Gasteiger partial charge in [0.25, 0.3) is 0 Å². The molecule has 112 valence electrons. The van der Waals surface area contributed by atoms with E-state index in [0.717, 1.165) is 11.3 Å². The first kappa shape index (κ1) is 15.8. The van der Waals surface area contributed by atoms with Crippen LogP contribution in [0.5, 0.6) is 0 Å². The van der Waals surface area contributed by atoms with Crippen molar-refractivity contribution in [3.05, 3.63) is 0 Å². The van der Waals surface area contributed by atoms with Crippen molar-refractivity contribution < 1.29 is 0 Å². The van der Waals surface area contributed by atoms with Crippen LogP contribution in [0.3, 0.4) is 0 Å². The molecule has 2 aliphatic rings. The van der Waals surface area contributed by atoms with Crippen LogP contribution in [-0.4, -0.2) is 11.3 Å². The molecule has 1 heteroatoms. The Labute approximate surface area is 123 Å². The molecule has 2 rings (SSSR count). The van der Waals surface area contributed by atoms with E-state index in [1.807, 2.05) is 0 Å². The summed E-state index contributed by atoms with van der Waals surface area (Å²) in [6.07, 6.45) is 24.5. The predicted octanol–water partition coefficient (Wildman–Crippen LogP) is 6.67. The lowest BCUT2D eigenvalue weighted by molar-refractivity contribution is 0.494. The van der Waals surface area contributed by atoms with E-state index in [-0.39, 0.29) is 0 Å². The average Bonchev–Trinajstić information content (AvgIpc) is 2.40. The van der Waals surface area contributed by atoms with Crippen molar-refractivity contribution in [3.8, 4) is 0 Å². The van der Waals surface area contributed by atoms with Gasteiger partial charge in [-0.05, 0) is 37.0 Å². The first-order valence-electron chi connectivity index (χ1n) is 9.21.